The second-order valence-electron chi connectivity index (χ2n) is 9.24. The van der Waals surface area contributed by atoms with E-state index >= 15 is 0 Å². The van der Waals surface area contributed by atoms with E-state index in [9.17, 15) is 9.18 Å². The Bertz CT molecular complexity index is 1780. The second-order valence-corrected chi connectivity index (χ2v) is 9.24. The molecular formula is C29H23FN6O. The van der Waals surface area contributed by atoms with Crippen molar-refractivity contribution in [2.24, 2.45) is 5.92 Å². The number of benzene rings is 3. The number of nitrogens with one attached hydrogen (secondary N) is 3. The molecule has 6 rings (SSSR count). The van der Waals surface area contributed by atoms with E-state index in [4.69, 9.17) is 4.98 Å². The summed E-state index contributed by atoms with van der Waals surface area (Å²) in [4.78, 5) is 24.7. The number of rotatable bonds is 5. The van der Waals surface area contributed by atoms with Crippen molar-refractivity contribution in [1.82, 2.24) is 25.1 Å². The van der Waals surface area contributed by atoms with Crippen LogP contribution in [0.15, 0.2) is 79.1 Å². The Balaban J connectivity index is 1.41. The molecule has 0 aliphatic heterocycles. The number of nitrogens with zero attached hydrogens (tertiary/aromatic N) is 3. The van der Waals surface area contributed by atoms with Crippen LogP contribution >= 0.6 is 0 Å². The van der Waals surface area contributed by atoms with Crippen LogP contribution in [-0.2, 0) is 4.79 Å². The molecule has 3 aromatic heterocycles. The van der Waals surface area contributed by atoms with E-state index in [1.54, 1.807) is 18.5 Å². The number of aromatic nitrogens is 5. The van der Waals surface area contributed by atoms with Gasteiger partial charge in [0.15, 0.2) is 5.82 Å². The molecule has 6 aromatic rings. The van der Waals surface area contributed by atoms with Crippen LogP contribution in [0.1, 0.15) is 13.8 Å². The smallest absolute Gasteiger partial charge is 0.226 e. The monoisotopic (exact) mass is 490 g/mol. The molecule has 0 spiro atoms. The average Bonchev–Trinajstić information content (AvgIpc) is 3.52. The van der Waals surface area contributed by atoms with Crippen LogP contribution in [0.2, 0.25) is 0 Å². The number of carbonyl (C=O) groups is 1. The van der Waals surface area contributed by atoms with Crippen LogP contribution in [0.5, 0.6) is 0 Å². The summed E-state index contributed by atoms with van der Waals surface area (Å²) in [7, 11) is 0. The summed E-state index contributed by atoms with van der Waals surface area (Å²) in [5, 5.41) is 11.4. The van der Waals surface area contributed by atoms with Gasteiger partial charge in [-0.15, -0.1) is 0 Å². The van der Waals surface area contributed by atoms with Gasteiger partial charge < -0.3 is 10.3 Å². The molecule has 1 amide bonds. The van der Waals surface area contributed by atoms with Gasteiger partial charge in [0.25, 0.3) is 0 Å². The number of anilines is 1. The lowest BCUT2D eigenvalue weighted by Crippen LogP contribution is -2.17. The first-order valence-electron chi connectivity index (χ1n) is 12.0. The van der Waals surface area contributed by atoms with E-state index in [0.717, 1.165) is 44.2 Å². The third-order valence-corrected chi connectivity index (χ3v) is 6.30. The van der Waals surface area contributed by atoms with Crippen molar-refractivity contribution < 1.29 is 9.18 Å². The first-order chi connectivity index (χ1) is 18.0. The minimum absolute atomic E-state index is 0.0611. The zero-order valence-corrected chi connectivity index (χ0v) is 20.2. The lowest BCUT2D eigenvalue weighted by molar-refractivity contribution is -0.118. The first-order valence-corrected chi connectivity index (χ1v) is 12.0. The van der Waals surface area contributed by atoms with Crippen molar-refractivity contribution in [3.8, 4) is 33.8 Å². The third-order valence-electron chi connectivity index (χ3n) is 6.30. The maximum atomic E-state index is 13.9. The van der Waals surface area contributed by atoms with Crippen LogP contribution in [0.3, 0.4) is 0 Å². The Kier molecular flexibility index (Phi) is 5.49. The number of H-pyrrole nitrogens is 2. The molecule has 3 aromatic carbocycles. The van der Waals surface area contributed by atoms with Gasteiger partial charge >= 0.3 is 0 Å². The highest BCUT2D eigenvalue weighted by Crippen LogP contribution is 2.33. The molecule has 0 unspecified atom stereocenters. The molecule has 0 saturated heterocycles. The van der Waals surface area contributed by atoms with E-state index in [-0.39, 0.29) is 17.6 Å². The van der Waals surface area contributed by atoms with Gasteiger partial charge in [-0.25, -0.2) is 9.37 Å². The van der Waals surface area contributed by atoms with Crippen molar-refractivity contribution >= 4 is 33.5 Å². The van der Waals surface area contributed by atoms with Gasteiger partial charge in [-0.1, -0.05) is 44.2 Å². The molecule has 0 atom stereocenters. The summed E-state index contributed by atoms with van der Waals surface area (Å²) >= 11 is 0. The molecule has 0 bridgehead atoms. The number of carbonyl (C=O) groups excluding carboxylic acids is 1. The Morgan fingerprint density at radius 3 is 2.62 bits per heavy atom. The lowest BCUT2D eigenvalue weighted by Gasteiger charge is -2.09. The molecule has 0 radical (unpaired) electrons. The maximum absolute atomic E-state index is 13.9. The van der Waals surface area contributed by atoms with E-state index < -0.39 is 0 Å². The predicted molar refractivity (Wildman–Crippen MR) is 143 cm³/mol. The van der Waals surface area contributed by atoms with E-state index in [0.29, 0.717) is 17.2 Å². The maximum Gasteiger partial charge on any atom is 0.226 e. The number of pyridine rings is 1. The summed E-state index contributed by atoms with van der Waals surface area (Å²) in [6.45, 7) is 3.69. The molecule has 37 heavy (non-hydrogen) atoms. The number of halogens is 1. The summed E-state index contributed by atoms with van der Waals surface area (Å²) in [5.41, 5.74) is 7.16. The van der Waals surface area contributed by atoms with Crippen LogP contribution in [0.25, 0.3) is 55.7 Å². The number of aromatic amines is 2. The van der Waals surface area contributed by atoms with Crippen LogP contribution < -0.4 is 5.32 Å². The van der Waals surface area contributed by atoms with Crippen molar-refractivity contribution in [3.63, 3.8) is 0 Å². The number of para-hydroxylation sites is 1. The van der Waals surface area contributed by atoms with Crippen molar-refractivity contribution in [1.29, 1.82) is 0 Å². The molecule has 3 heterocycles. The zero-order valence-electron chi connectivity index (χ0n) is 20.2. The molecule has 3 N–H and O–H groups in total. The molecule has 0 fully saturated rings. The number of fused-ring (bicyclic) bond motifs is 2. The van der Waals surface area contributed by atoms with Gasteiger partial charge in [0.05, 0.1) is 28.4 Å². The fourth-order valence-electron chi connectivity index (χ4n) is 4.36. The standard InChI is InChI=1S/C29H23FN6O/c1-16(2)29(37)32-21-12-19(14-31-15-21)17-9-10-24-23(13-17)27(36-35-24)28-33-25-8-4-7-22(26(25)34-28)18-5-3-6-20(30)11-18/h3-16H,1-2H3,(H,32,37)(H,33,34)(H,35,36). The lowest BCUT2D eigenvalue weighted by atomic mass is 10.0. The quantitative estimate of drug-likeness (QED) is 0.254. The molecular weight excluding hydrogens is 467 g/mol. The minimum Gasteiger partial charge on any atom is -0.337 e. The Labute approximate surface area is 211 Å². The van der Waals surface area contributed by atoms with Gasteiger partial charge in [0.1, 0.15) is 11.5 Å². The van der Waals surface area contributed by atoms with E-state index in [1.165, 1.54) is 12.1 Å². The molecule has 0 saturated carbocycles. The Hall–Kier alpha value is -4.85. The fourth-order valence-corrected chi connectivity index (χ4v) is 4.36. The highest BCUT2D eigenvalue weighted by molar-refractivity contribution is 5.98. The molecule has 0 aliphatic rings. The number of hydrogen-bond acceptors (Lipinski definition) is 4. The third kappa shape index (κ3) is 4.23. The van der Waals surface area contributed by atoms with Crippen molar-refractivity contribution in [2.45, 2.75) is 13.8 Å². The number of amides is 1. The topological polar surface area (TPSA) is 99.3 Å². The van der Waals surface area contributed by atoms with Gasteiger partial charge in [-0.2, -0.15) is 5.10 Å². The summed E-state index contributed by atoms with van der Waals surface area (Å²) in [6, 6.07) is 20.2. The van der Waals surface area contributed by atoms with E-state index in [2.05, 4.69) is 25.5 Å². The van der Waals surface area contributed by atoms with Crippen LogP contribution in [-0.4, -0.2) is 31.1 Å². The second kappa shape index (κ2) is 8.98. The van der Waals surface area contributed by atoms with Crippen molar-refractivity contribution in [2.75, 3.05) is 5.32 Å². The molecule has 7 nitrogen and oxygen atoms in total. The van der Waals surface area contributed by atoms with Gasteiger partial charge in [-0.05, 0) is 47.5 Å². The van der Waals surface area contributed by atoms with Crippen LogP contribution in [0.4, 0.5) is 10.1 Å². The minimum atomic E-state index is -0.293. The SMILES string of the molecule is CC(C)C(=O)Nc1cncc(-c2ccc3[nH]nc(-c4nc5c(-c6cccc(F)c6)cccc5[nH]4)c3c2)c1. The van der Waals surface area contributed by atoms with Gasteiger partial charge in [0.2, 0.25) is 5.91 Å². The normalized spacial score (nSPS) is 11.5. The summed E-state index contributed by atoms with van der Waals surface area (Å²) < 4.78 is 13.9. The van der Waals surface area contributed by atoms with E-state index in [1.807, 2.05) is 62.4 Å². The van der Waals surface area contributed by atoms with Gasteiger partial charge in [-0.3, -0.25) is 14.9 Å². The number of imidazole rings is 1. The number of hydrogen-bond donors (Lipinski definition) is 3. The summed E-state index contributed by atoms with van der Waals surface area (Å²) in [6.07, 6.45) is 3.40. The first kappa shape index (κ1) is 22.6. The Morgan fingerprint density at radius 1 is 0.919 bits per heavy atom. The van der Waals surface area contributed by atoms with Crippen molar-refractivity contribution in [3.05, 3.63) is 84.9 Å². The average molecular weight is 491 g/mol. The zero-order chi connectivity index (χ0) is 25.5. The molecule has 182 valence electrons. The summed E-state index contributed by atoms with van der Waals surface area (Å²) in [5.74, 6) is 0.129. The van der Waals surface area contributed by atoms with Crippen LogP contribution in [0, 0.1) is 11.7 Å². The van der Waals surface area contributed by atoms with Gasteiger partial charge in [0, 0.05) is 28.6 Å². The Morgan fingerprint density at radius 2 is 1.78 bits per heavy atom. The fraction of sp³-hybridized carbons (Fsp3) is 0.103. The predicted octanol–water partition coefficient (Wildman–Crippen LogP) is 6.57. The molecule has 0 aliphatic carbocycles. The highest BCUT2D eigenvalue weighted by atomic mass is 19.1. The molecule has 8 heteroatoms. The largest absolute Gasteiger partial charge is 0.337 e. The highest BCUT2D eigenvalue weighted by Gasteiger charge is 2.16.